The first kappa shape index (κ1) is 32.0. The maximum Gasteiger partial charge on any atom is 0.343 e. The van der Waals surface area contributed by atoms with E-state index in [2.05, 4.69) is 0 Å². The number of Topliss-reactive ketones (excluding diaryl/α,β-unsaturated/α-hetero) is 2. The number of para-hydroxylation sites is 2. The maximum atomic E-state index is 14.0. The average Bonchev–Trinajstić information content (AvgIpc) is 3.11. The first-order valence-corrected chi connectivity index (χ1v) is 16.0. The van der Waals surface area contributed by atoms with Crippen molar-refractivity contribution in [1.29, 1.82) is 0 Å². The van der Waals surface area contributed by atoms with Gasteiger partial charge in [0.15, 0.2) is 23.1 Å². The quantitative estimate of drug-likeness (QED) is 0.148. The molecule has 0 saturated carbocycles. The molecule has 0 saturated heterocycles. The molecule has 8 bridgehead atoms. The van der Waals surface area contributed by atoms with Crippen LogP contribution in [-0.2, 0) is 44.9 Å². The molecule has 8 nitrogen and oxygen atoms in total. The van der Waals surface area contributed by atoms with Gasteiger partial charge in [0.05, 0.1) is 11.1 Å². The number of allylic oxidation sites excluding steroid dienone is 8. The highest BCUT2D eigenvalue weighted by atomic mass is 16.5. The third kappa shape index (κ3) is 6.59. The molecular weight excluding hydrogens is 632 g/mol. The van der Waals surface area contributed by atoms with Crippen molar-refractivity contribution in [3.63, 3.8) is 0 Å². The number of carbonyl (C=O) groups is 6. The van der Waals surface area contributed by atoms with Gasteiger partial charge in [-0.25, -0.2) is 9.59 Å². The van der Waals surface area contributed by atoms with Crippen LogP contribution in [0.5, 0.6) is 11.5 Å². The van der Waals surface area contributed by atoms with Crippen LogP contribution in [0.1, 0.15) is 43.0 Å². The van der Waals surface area contributed by atoms with Crippen molar-refractivity contribution in [2.24, 2.45) is 0 Å². The van der Waals surface area contributed by atoms with Crippen LogP contribution >= 0.6 is 0 Å². The lowest BCUT2D eigenvalue weighted by molar-refractivity contribution is -0.115. The van der Waals surface area contributed by atoms with Gasteiger partial charge < -0.3 is 9.47 Å². The molecule has 50 heavy (non-hydrogen) atoms. The zero-order chi connectivity index (χ0) is 34.8. The Kier molecular flexibility index (Phi) is 8.66. The number of hydrogen-bond acceptors (Lipinski definition) is 8. The van der Waals surface area contributed by atoms with E-state index in [4.69, 9.17) is 9.47 Å². The highest BCUT2D eigenvalue weighted by Gasteiger charge is 2.30. The Morgan fingerprint density at radius 3 is 1.00 bits per heavy atom. The van der Waals surface area contributed by atoms with Gasteiger partial charge in [-0.05, 0) is 70.8 Å². The molecule has 0 aromatic heterocycles. The molecule has 0 fully saturated rings. The minimum atomic E-state index is -0.647. The van der Waals surface area contributed by atoms with Gasteiger partial charge in [-0.15, -0.1) is 0 Å². The number of benzene rings is 4. The lowest BCUT2D eigenvalue weighted by atomic mass is 9.84. The van der Waals surface area contributed by atoms with Crippen LogP contribution in [0.2, 0.25) is 0 Å². The third-order valence-corrected chi connectivity index (χ3v) is 8.72. The number of carbonyl (C=O) groups excluding carboxylic acids is 6. The maximum absolute atomic E-state index is 14.0. The van der Waals surface area contributed by atoms with Crippen molar-refractivity contribution in [2.45, 2.75) is 25.7 Å². The monoisotopic (exact) mass is 660 g/mol. The molecule has 3 aliphatic rings. The summed E-state index contributed by atoms with van der Waals surface area (Å²) in [6.45, 7) is 0. The molecule has 4 aromatic rings. The summed E-state index contributed by atoms with van der Waals surface area (Å²) in [5, 5.41) is 0. The number of ketones is 4. The first-order valence-electron chi connectivity index (χ1n) is 16.0. The fraction of sp³-hybridized carbons (Fsp3) is 0.0952. The minimum Gasteiger partial charge on any atom is -0.422 e. The molecule has 244 valence electrons. The van der Waals surface area contributed by atoms with Crippen LogP contribution in [0.25, 0.3) is 0 Å². The van der Waals surface area contributed by atoms with Crippen molar-refractivity contribution in [1.82, 2.24) is 0 Å². The van der Waals surface area contributed by atoms with E-state index in [0.29, 0.717) is 33.4 Å². The van der Waals surface area contributed by atoms with E-state index in [-0.39, 0.29) is 82.6 Å². The van der Waals surface area contributed by atoms with Crippen LogP contribution < -0.4 is 9.47 Å². The Morgan fingerprint density at radius 2 is 0.700 bits per heavy atom. The summed E-state index contributed by atoms with van der Waals surface area (Å²) in [5.41, 5.74) is 3.08. The second kappa shape index (κ2) is 13.5. The number of ether oxygens (including phenoxy) is 2. The summed E-state index contributed by atoms with van der Waals surface area (Å²) < 4.78 is 11.9. The molecule has 0 unspecified atom stereocenters. The van der Waals surface area contributed by atoms with Crippen LogP contribution in [0.15, 0.2) is 144 Å². The van der Waals surface area contributed by atoms with Crippen molar-refractivity contribution >= 4 is 35.1 Å². The highest BCUT2D eigenvalue weighted by Crippen LogP contribution is 2.36. The third-order valence-electron chi connectivity index (χ3n) is 8.72. The lowest BCUT2D eigenvalue weighted by Crippen LogP contribution is -2.21. The first-order chi connectivity index (χ1) is 24.2. The second-order valence-electron chi connectivity index (χ2n) is 12.2. The fourth-order valence-electron chi connectivity index (χ4n) is 6.34. The molecule has 0 heterocycles. The summed E-state index contributed by atoms with van der Waals surface area (Å²) in [4.78, 5) is 80.7. The molecule has 0 atom stereocenters. The van der Waals surface area contributed by atoms with Gasteiger partial charge in [-0.3, -0.25) is 19.2 Å². The Balaban J connectivity index is 1.35. The van der Waals surface area contributed by atoms with E-state index in [1.165, 1.54) is 24.3 Å². The SMILES string of the molecule is O=C1C=C2Cc3cccc(c3OC(=O)c3ccccc3)CC3=CC(=O)C=C(Cc4cccc(c4OC(=O)c4ccccc4)CC(=C1)C2=O)C3=O. The highest BCUT2D eigenvalue weighted by molar-refractivity contribution is 6.21. The molecule has 8 heteroatoms. The summed E-state index contributed by atoms with van der Waals surface area (Å²) in [6.07, 6.45) is 4.83. The summed E-state index contributed by atoms with van der Waals surface area (Å²) in [5.74, 6) is -2.54. The number of rotatable bonds is 4. The predicted molar refractivity (Wildman–Crippen MR) is 183 cm³/mol. The van der Waals surface area contributed by atoms with Crippen molar-refractivity contribution in [3.8, 4) is 11.5 Å². The molecule has 7 rings (SSSR count). The van der Waals surface area contributed by atoms with Crippen LogP contribution in [-0.4, -0.2) is 35.1 Å². The molecule has 0 spiro atoms. The van der Waals surface area contributed by atoms with Crippen LogP contribution in [0.3, 0.4) is 0 Å². The van der Waals surface area contributed by atoms with Gasteiger partial charge in [0.25, 0.3) is 0 Å². The molecule has 0 aliphatic heterocycles. The largest absolute Gasteiger partial charge is 0.422 e. The van der Waals surface area contributed by atoms with Crippen LogP contribution in [0.4, 0.5) is 0 Å². The summed E-state index contributed by atoms with van der Waals surface area (Å²) >= 11 is 0. The Labute approximate surface area is 287 Å². The van der Waals surface area contributed by atoms with Crippen molar-refractivity contribution in [3.05, 3.63) is 177 Å². The lowest BCUT2D eigenvalue weighted by Gasteiger charge is -2.22. The van der Waals surface area contributed by atoms with Gasteiger partial charge in [-0.1, -0.05) is 72.8 Å². The van der Waals surface area contributed by atoms with E-state index in [9.17, 15) is 28.8 Å². The Hall–Kier alpha value is -6.54. The normalized spacial score (nSPS) is 15.7. The zero-order valence-electron chi connectivity index (χ0n) is 26.6. The van der Waals surface area contributed by atoms with Crippen LogP contribution in [0, 0.1) is 0 Å². The van der Waals surface area contributed by atoms with E-state index in [1.54, 1.807) is 97.1 Å². The number of fused-ring (bicyclic) bond motifs is 8. The van der Waals surface area contributed by atoms with E-state index >= 15 is 0 Å². The van der Waals surface area contributed by atoms with Gasteiger partial charge in [0.2, 0.25) is 0 Å². The summed E-state index contributed by atoms with van der Waals surface area (Å²) in [6, 6.07) is 26.9. The Bertz CT molecular complexity index is 2000. The molecule has 0 N–H and O–H groups in total. The van der Waals surface area contributed by atoms with E-state index in [1.807, 2.05) is 0 Å². The number of hydrogen-bond donors (Lipinski definition) is 0. The topological polar surface area (TPSA) is 121 Å². The smallest absolute Gasteiger partial charge is 0.343 e. The molecule has 0 amide bonds. The van der Waals surface area contributed by atoms with E-state index in [0.717, 1.165) is 0 Å². The molecule has 3 aliphatic carbocycles. The van der Waals surface area contributed by atoms with Crippen molar-refractivity contribution < 1.29 is 38.2 Å². The molecule has 0 radical (unpaired) electrons. The zero-order valence-corrected chi connectivity index (χ0v) is 26.6. The molecular formula is C42H28O8. The average molecular weight is 661 g/mol. The van der Waals surface area contributed by atoms with Gasteiger partial charge in [0, 0.05) is 48.0 Å². The number of esters is 2. The second-order valence-corrected chi connectivity index (χ2v) is 12.2. The summed E-state index contributed by atoms with van der Waals surface area (Å²) in [7, 11) is 0. The molecule has 4 aromatic carbocycles. The van der Waals surface area contributed by atoms with Crippen molar-refractivity contribution in [2.75, 3.05) is 0 Å². The van der Waals surface area contributed by atoms with Gasteiger partial charge >= 0.3 is 11.9 Å². The predicted octanol–water partition coefficient (Wildman–Crippen LogP) is 6.02. The van der Waals surface area contributed by atoms with E-state index < -0.39 is 11.9 Å². The fourth-order valence-corrected chi connectivity index (χ4v) is 6.34. The standard InChI is InChI=1S/C42H28O8/c43-35-21-31-17-27-13-7-14-28(39(27)49-41(47)25-9-3-1-4-10-25)18-32-22-36(44)24-34(38(32)46)20-30-16-8-15-29(19-33(23-35)37(31)45)40(30)50-42(48)26-11-5-2-6-12-26/h1-16,21-24H,17-20H2. The Morgan fingerprint density at radius 1 is 0.400 bits per heavy atom. The van der Waals surface area contributed by atoms with Gasteiger partial charge in [-0.2, -0.15) is 0 Å². The minimum absolute atomic E-state index is 0.0554. The van der Waals surface area contributed by atoms with Gasteiger partial charge in [0.1, 0.15) is 11.5 Å².